The van der Waals surface area contributed by atoms with Crippen molar-refractivity contribution in [1.29, 1.82) is 0 Å². The molecule has 0 heterocycles. The highest BCUT2D eigenvalue weighted by Gasteiger charge is 2.26. The molecule has 0 aromatic rings. The normalized spacial score (nSPS) is 15.2. The van der Waals surface area contributed by atoms with E-state index in [1.807, 2.05) is 0 Å². The molecule has 0 amide bonds. The molecule has 1 atom stereocenters. The number of hydrogen-bond donors (Lipinski definition) is 1. The summed E-state index contributed by atoms with van der Waals surface area (Å²) in [5.74, 6) is 0. The molecule has 0 rings (SSSR count). The minimum absolute atomic E-state index is 0.231. The summed E-state index contributed by atoms with van der Waals surface area (Å²) in [4.78, 5) is 2.26. The van der Waals surface area contributed by atoms with Crippen molar-refractivity contribution in [2.24, 2.45) is 0 Å². The second-order valence-corrected chi connectivity index (χ2v) is 4.22. The van der Waals surface area contributed by atoms with Gasteiger partial charge < -0.3 is 10.2 Å². The zero-order chi connectivity index (χ0) is 9.78. The Morgan fingerprint density at radius 2 is 1.83 bits per heavy atom. The SMILES string of the molecule is CCCNC(C)C(C)(C)N(C)C. The highest BCUT2D eigenvalue weighted by Crippen LogP contribution is 2.14. The predicted octanol–water partition coefficient (Wildman–Crippen LogP) is 1.71. The number of likely N-dealkylation sites (N-methyl/N-ethyl adjacent to an activating group) is 1. The van der Waals surface area contributed by atoms with Crippen LogP contribution in [0.2, 0.25) is 0 Å². The molecule has 0 radical (unpaired) electrons. The van der Waals surface area contributed by atoms with Crippen LogP contribution in [0.25, 0.3) is 0 Å². The molecular weight excluding hydrogens is 148 g/mol. The lowest BCUT2D eigenvalue weighted by Crippen LogP contribution is -2.53. The maximum absolute atomic E-state index is 3.51. The van der Waals surface area contributed by atoms with Gasteiger partial charge in [0.15, 0.2) is 0 Å². The Bertz CT molecular complexity index is 119. The summed E-state index contributed by atoms with van der Waals surface area (Å²) in [6, 6.07) is 0.535. The van der Waals surface area contributed by atoms with Crippen LogP contribution in [0.1, 0.15) is 34.1 Å². The van der Waals surface area contributed by atoms with E-state index in [9.17, 15) is 0 Å². The summed E-state index contributed by atoms with van der Waals surface area (Å²) in [5.41, 5.74) is 0.231. The lowest BCUT2D eigenvalue weighted by molar-refractivity contribution is 0.146. The zero-order valence-electron chi connectivity index (χ0n) is 9.44. The van der Waals surface area contributed by atoms with Gasteiger partial charge in [0.05, 0.1) is 0 Å². The summed E-state index contributed by atoms with van der Waals surface area (Å²) in [7, 11) is 4.26. The Kier molecular flexibility index (Phi) is 4.80. The molecule has 2 nitrogen and oxygen atoms in total. The van der Waals surface area contributed by atoms with Crippen LogP contribution in [0.3, 0.4) is 0 Å². The largest absolute Gasteiger partial charge is 0.312 e. The Labute approximate surface area is 77.3 Å². The first-order valence-corrected chi connectivity index (χ1v) is 4.83. The van der Waals surface area contributed by atoms with Crippen LogP contribution >= 0.6 is 0 Å². The predicted molar refractivity (Wildman–Crippen MR) is 55.5 cm³/mol. The third kappa shape index (κ3) is 3.11. The van der Waals surface area contributed by atoms with Crippen molar-refractivity contribution in [3.8, 4) is 0 Å². The highest BCUT2D eigenvalue weighted by molar-refractivity contribution is 4.87. The average molecular weight is 172 g/mol. The van der Waals surface area contributed by atoms with E-state index < -0.39 is 0 Å². The molecule has 0 saturated heterocycles. The Hall–Kier alpha value is -0.0800. The van der Waals surface area contributed by atoms with Gasteiger partial charge in [-0.1, -0.05) is 6.92 Å². The minimum atomic E-state index is 0.231. The van der Waals surface area contributed by atoms with E-state index in [2.05, 4.69) is 52.0 Å². The lowest BCUT2D eigenvalue weighted by Gasteiger charge is -2.38. The minimum Gasteiger partial charge on any atom is -0.312 e. The molecule has 0 aliphatic carbocycles. The highest BCUT2D eigenvalue weighted by atomic mass is 15.2. The fraction of sp³-hybridized carbons (Fsp3) is 1.00. The van der Waals surface area contributed by atoms with Crippen molar-refractivity contribution in [1.82, 2.24) is 10.2 Å². The molecule has 0 spiro atoms. The van der Waals surface area contributed by atoms with Crippen LogP contribution in [0.5, 0.6) is 0 Å². The van der Waals surface area contributed by atoms with Crippen molar-refractivity contribution < 1.29 is 0 Å². The lowest BCUT2D eigenvalue weighted by atomic mass is 9.94. The van der Waals surface area contributed by atoms with Gasteiger partial charge >= 0.3 is 0 Å². The summed E-state index contributed by atoms with van der Waals surface area (Å²) in [6.45, 7) is 10.1. The van der Waals surface area contributed by atoms with Crippen LogP contribution in [0, 0.1) is 0 Å². The van der Waals surface area contributed by atoms with Gasteiger partial charge in [-0.25, -0.2) is 0 Å². The molecule has 0 saturated carbocycles. The van der Waals surface area contributed by atoms with Gasteiger partial charge in [0.25, 0.3) is 0 Å². The van der Waals surface area contributed by atoms with Gasteiger partial charge in [0.1, 0.15) is 0 Å². The quantitative estimate of drug-likeness (QED) is 0.679. The van der Waals surface area contributed by atoms with E-state index in [0.29, 0.717) is 6.04 Å². The van der Waals surface area contributed by atoms with Crippen molar-refractivity contribution >= 4 is 0 Å². The maximum atomic E-state index is 3.51. The van der Waals surface area contributed by atoms with Gasteiger partial charge in [0, 0.05) is 11.6 Å². The molecule has 2 heteroatoms. The van der Waals surface area contributed by atoms with E-state index >= 15 is 0 Å². The van der Waals surface area contributed by atoms with Gasteiger partial charge in [0.2, 0.25) is 0 Å². The molecular formula is C10H24N2. The van der Waals surface area contributed by atoms with Crippen LogP contribution < -0.4 is 5.32 Å². The van der Waals surface area contributed by atoms with E-state index in [1.54, 1.807) is 0 Å². The molecule has 1 unspecified atom stereocenters. The molecule has 0 aromatic carbocycles. The standard InChI is InChI=1S/C10H24N2/c1-7-8-11-9(2)10(3,4)12(5)6/h9,11H,7-8H2,1-6H3. The molecule has 74 valence electrons. The van der Waals surface area contributed by atoms with Crippen molar-refractivity contribution in [3.05, 3.63) is 0 Å². The maximum Gasteiger partial charge on any atom is 0.0297 e. The van der Waals surface area contributed by atoms with E-state index in [-0.39, 0.29) is 5.54 Å². The molecule has 0 aliphatic rings. The van der Waals surface area contributed by atoms with Crippen LogP contribution in [-0.4, -0.2) is 37.1 Å². The van der Waals surface area contributed by atoms with Gasteiger partial charge in [-0.3, -0.25) is 0 Å². The molecule has 0 aromatic heterocycles. The van der Waals surface area contributed by atoms with Crippen molar-refractivity contribution in [2.75, 3.05) is 20.6 Å². The second-order valence-electron chi connectivity index (χ2n) is 4.22. The van der Waals surface area contributed by atoms with E-state index in [1.165, 1.54) is 6.42 Å². The Balaban J connectivity index is 3.97. The van der Waals surface area contributed by atoms with Gasteiger partial charge in [-0.05, 0) is 47.8 Å². The first-order chi connectivity index (χ1) is 5.42. The number of hydrogen-bond acceptors (Lipinski definition) is 2. The third-order valence-corrected chi connectivity index (χ3v) is 2.91. The smallest absolute Gasteiger partial charge is 0.0297 e. The number of rotatable bonds is 5. The number of nitrogens with zero attached hydrogens (tertiary/aromatic N) is 1. The summed E-state index contributed by atoms with van der Waals surface area (Å²) in [5, 5.41) is 3.51. The van der Waals surface area contributed by atoms with Crippen LogP contribution in [0.15, 0.2) is 0 Å². The monoisotopic (exact) mass is 172 g/mol. The first-order valence-electron chi connectivity index (χ1n) is 4.83. The summed E-state index contributed by atoms with van der Waals surface area (Å²) >= 11 is 0. The van der Waals surface area contributed by atoms with Crippen LogP contribution in [-0.2, 0) is 0 Å². The first kappa shape index (κ1) is 11.9. The van der Waals surface area contributed by atoms with Crippen molar-refractivity contribution in [2.45, 2.75) is 45.7 Å². The Morgan fingerprint density at radius 1 is 1.33 bits per heavy atom. The fourth-order valence-electron chi connectivity index (χ4n) is 0.998. The van der Waals surface area contributed by atoms with Gasteiger partial charge in [-0.2, -0.15) is 0 Å². The third-order valence-electron chi connectivity index (χ3n) is 2.91. The molecule has 0 fully saturated rings. The molecule has 0 aliphatic heterocycles. The molecule has 1 N–H and O–H groups in total. The molecule has 0 bridgehead atoms. The van der Waals surface area contributed by atoms with E-state index in [4.69, 9.17) is 0 Å². The average Bonchev–Trinajstić information content (AvgIpc) is 1.99. The fourth-order valence-corrected chi connectivity index (χ4v) is 0.998. The van der Waals surface area contributed by atoms with E-state index in [0.717, 1.165) is 6.54 Å². The topological polar surface area (TPSA) is 15.3 Å². The second kappa shape index (κ2) is 4.83. The Morgan fingerprint density at radius 3 is 2.17 bits per heavy atom. The van der Waals surface area contributed by atoms with Crippen LogP contribution in [0.4, 0.5) is 0 Å². The number of nitrogens with one attached hydrogen (secondary N) is 1. The zero-order valence-corrected chi connectivity index (χ0v) is 9.44. The van der Waals surface area contributed by atoms with Crippen molar-refractivity contribution in [3.63, 3.8) is 0 Å². The summed E-state index contributed by atoms with van der Waals surface area (Å²) < 4.78 is 0. The summed E-state index contributed by atoms with van der Waals surface area (Å²) in [6.07, 6.45) is 1.20. The molecule has 12 heavy (non-hydrogen) atoms. The van der Waals surface area contributed by atoms with Gasteiger partial charge in [-0.15, -0.1) is 0 Å².